The molecule has 1 aliphatic rings. The minimum Gasteiger partial charge on any atom is -0.507 e. The van der Waals surface area contributed by atoms with Gasteiger partial charge >= 0.3 is 0 Å². The molecule has 28 heavy (non-hydrogen) atoms. The number of hydrogen-bond donors (Lipinski definition) is 3. The van der Waals surface area contributed by atoms with E-state index in [0.29, 0.717) is 22.4 Å². The molecule has 0 radical (unpaired) electrons. The normalized spacial score (nSPS) is 17.4. The fourth-order valence-electron chi connectivity index (χ4n) is 3.91. The zero-order valence-electron chi connectivity index (χ0n) is 16.3. The van der Waals surface area contributed by atoms with Gasteiger partial charge in [0.25, 0.3) is 0 Å². The number of rotatable bonds is 2. The van der Waals surface area contributed by atoms with Crippen molar-refractivity contribution in [1.29, 1.82) is 0 Å². The van der Waals surface area contributed by atoms with E-state index in [9.17, 15) is 14.1 Å². The van der Waals surface area contributed by atoms with Crippen molar-refractivity contribution in [2.45, 2.75) is 24.2 Å². The number of hydrogen-bond acceptors (Lipinski definition) is 4. The van der Waals surface area contributed by atoms with Crippen LogP contribution in [-0.2, 0) is 15.1 Å². The highest BCUT2D eigenvalue weighted by atomic mass is 32.2. The molecule has 0 aliphatic heterocycles. The average molecular weight is 398 g/mol. The van der Waals surface area contributed by atoms with Crippen molar-refractivity contribution < 1.29 is 14.1 Å². The number of phenols is 1. The molecule has 4 rings (SSSR count). The number of fused-ring (bicyclic) bond motifs is 4. The van der Waals surface area contributed by atoms with E-state index in [1.807, 2.05) is 19.9 Å². The zero-order valence-corrected chi connectivity index (χ0v) is 17.1. The van der Waals surface area contributed by atoms with Crippen LogP contribution in [0.4, 0.5) is 5.69 Å². The summed E-state index contributed by atoms with van der Waals surface area (Å²) in [4.78, 5) is 17.0. The van der Waals surface area contributed by atoms with Gasteiger partial charge in [0, 0.05) is 33.3 Å². The third-order valence-corrected chi connectivity index (χ3v) is 7.82. The summed E-state index contributed by atoms with van der Waals surface area (Å²) in [5.41, 5.74) is 9.21. The summed E-state index contributed by atoms with van der Waals surface area (Å²) < 4.78 is 14.5. The number of carbonyl (C=O) groups excluding carboxylic acids is 1. The van der Waals surface area contributed by atoms with Crippen LogP contribution in [0.1, 0.15) is 41.0 Å². The van der Waals surface area contributed by atoms with Crippen molar-refractivity contribution in [3.63, 3.8) is 0 Å². The molecule has 0 bridgehead atoms. The van der Waals surface area contributed by atoms with Gasteiger partial charge in [-0.25, -0.2) is 8.51 Å². The lowest BCUT2D eigenvalue weighted by Crippen LogP contribution is -2.31. The van der Waals surface area contributed by atoms with Crippen molar-refractivity contribution in [2.24, 2.45) is 0 Å². The van der Waals surface area contributed by atoms with Crippen molar-refractivity contribution >= 4 is 38.0 Å². The molecule has 146 valence electrons. The molecule has 7 heteroatoms. The van der Waals surface area contributed by atoms with Crippen LogP contribution in [0.25, 0.3) is 10.9 Å². The molecule has 1 atom stereocenters. The number of nitrogen functional groups attached to an aromatic ring is 1. The van der Waals surface area contributed by atoms with Crippen molar-refractivity contribution in [3.8, 4) is 5.75 Å². The molecule has 0 saturated heterocycles. The first kappa shape index (κ1) is 18.6. The Morgan fingerprint density at radius 1 is 1.21 bits per heavy atom. The minimum absolute atomic E-state index is 0.128. The summed E-state index contributed by atoms with van der Waals surface area (Å²) in [6.07, 6.45) is 0. The summed E-state index contributed by atoms with van der Waals surface area (Å²) in [5, 5.41) is 11.4. The fourth-order valence-corrected chi connectivity index (χ4v) is 5.00. The number of nitrogens with one attached hydrogen (secondary N) is 1. The van der Waals surface area contributed by atoms with Gasteiger partial charge in [-0.1, -0.05) is 19.9 Å². The van der Waals surface area contributed by atoms with Crippen molar-refractivity contribution in [2.75, 3.05) is 19.8 Å². The van der Waals surface area contributed by atoms with E-state index in [1.54, 1.807) is 32.3 Å². The number of H-pyrrole nitrogens is 1. The fraction of sp³-hybridized carbons (Fsp3) is 0.238. The number of nitrogens with zero attached hydrogens (tertiary/aromatic N) is 1. The first-order valence-corrected chi connectivity index (χ1v) is 10.5. The van der Waals surface area contributed by atoms with Crippen LogP contribution in [0.5, 0.6) is 5.75 Å². The molecule has 1 heterocycles. The number of aromatic nitrogens is 1. The highest BCUT2D eigenvalue weighted by Gasteiger charge is 2.40. The molecule has 2 aromatic carbocycles. The Bertz CT molecular complexity index is 1270. The monoisotopic (exact) mass is 397 g/mol. The van der Waals surface area contributed by atoms with Crippen LogP contribution in [0, 0.1) is 0 Å². The minimum atomic E-state index is -2.91. The largest absolute Gasteiger partial charge is 0.507 e. The van der Waals surface area contributed by atoms with Crippen molar-refractivity contribution in [1.82, 2.24) is 9.29 Å². The van der Waals surface area contributed by atoms with Crippen LogP contribution >= 0.6 is 0 Å². The quantitative estimate of drug-likeness (QED) is 0.457. The van der Waals surface area contributed by atoms with Crippen LogP contribution in [0.3, 0.4) is 0 Å². The van der Waals surface area contributed by atoms with Gasteiger partial charge < -0.3 is 15.8 Å². The number of aromatic hydroxyl groups is 1. The van der Waals surface area contributed by atoms with E-state index in [-0.39, 0.29) is 16.4 Å². The van der Waals surface area contributed by atoms with Gasteiger partial charge in [-0.2, -0.15) is 0 Å². The maximum absolute atomic E-state index is 13.5. The first-order valence-electron chi connectivity index (χ1n) is 8.85. The van der Waals surface area contributed by atoms with Gasteiger partial charge in [-0.05, 0) is 49.8 Å². The summed E-state index contributed by atoms with van der Waals surface area (Å²) in [6, 6.07) is 8.48. The summed E-state index contributed by atoms with van der Waals surface area (Å²) >= 11 is 0. The molecule has 1 aliphatic carbocycles. The first-order chi connectivity index (χ1) is 13.0. The number of benzene rings is 2. The van der Waals surface area contributed by atoms with Gasteiger partial charge in [0.1, 0.15) is 5.75 Å². The van der Waals surface area contributed by atoms with E-state index in [0.717, 1.165) is 16.6 Å². The lowest BCUT2D eigenvalue weighted by Gasteiger charge is -2.33. The predicted octanol–water partition coefficient (Wildman–Crippen LogP) is 2.88. The van der Waals surface area contributed by atoms with E-state index in [2.05, 4.69) is 10.9 Å². The van der Waals surface area contributed by atoms with Gasteiger partial charge in [0.15, 0.2) is 5.78 Å². The molecule has 0 amide bonds. The van der Waals surface area contributed by atoms with Crippen LogP contribution in [-0.4, -0.2) is 44.4 Å². The highest BCUT2D eigenvalue weighted by Crippen LogP contribution is 2.46. The summed E-state index contributed by atoms with van der Waals surface area (Å²) in [6.45, 7) is 3.98. The average Bonchev–Trinajstić information content (AvgIpc) is 2.99. The van der Waals surface area contributed by atoms with Crippen LogP contribution in [0.15, 0.2) is 35.2 Å². The molecule has 1 aromatic heterocycles. The summed E-state index contributed by atoms with van der Waals surface area (Å²) in [7, 11) is 0.347. The number of nitrogens with two attached hydrogens (primary N) is 1. The van der Waals surface area contributed by atoms with E-state index < -0.39 is 15.1 Å². The van der Waals surface area contributed by atoms with Gasteiger partial charge in [-0.15, -0.1) is 0 Å². The molecule has 0 saturated carbocycles. The van der Waals surface area contributed by atoms with Crippen LogP contribution in [0.2, 0.25) is 0 Å². The SMILES string of the molecule is C=S(=O)(c1cc2c(cc1O)C(C)(C)c1[nH]c3cc(N)ccc3c1C2=O)N(C)C. The zero-order chi connectivity index (χ0) is 20.6. The highest BCUT2D eigenvalue weighted by molar-refractivity contribution is 7.98. The molecule has 4 N–H and O–H groups in total. The molecule has 6 nitrogen and oxygen atoms in total. The van der Waals surface area contributed by atoms with E-state index >= 15 is 0 Å². The van der Waals surface area contributed by atoms with E-state index in [4.69, 9.17) is 5.73 Å². The molecule has 1 unspecified atom stereocenters. The number of phenolic OH excluding ortho intramolecular Hbond substituents is 1. The second kappa shape index (κ2) is 5.62. The van der Waals surface area contributed by atoms with Crippen molar-refractivity contribution in [3.05, 3.63) is 52.7 Å². The van der Waals surface area contributed by atoms with Gasteiger partial charge in [-0.3, -0.25) is 4.79 Å². The third kappa shape index (κ3) is 2.33. The Hall–Kier alpha value is -2.77. The summed E-state index contributed by atoms with van der Waals surface area (Å²) in [5.74, 6) is 3.47. The number of carbonyl (C=O) groups is 1. The molecular formula is C21H23N3O3S. The topological polar surface area (TPSA) is 99.4 Å². The lowest BCUT2D eigenvalue weighted by molar-refractivity contribution is 0.103. The standard InChI is InChI=1S/C21H23N3O3S/c1-21(2)14-10-16(25)17(28(5,27)24(3)4)9-13(14)19(26)18-12-7-6-11(22)8-15(12)23-20(18)21/h6-10,23,25H,5,22H2,1-4H3. The number of ketones is 1. The third-order valence-electron chi connectivity index (χ3n) is 5.63. The van der Waals surface area contributed by atoms with Crippen LogP contribution < -0.4 is 5.73 Å². The second-order valence-corrected chi connectivity index (χ2v) is 10.4. The maximum Gasteiger partial charge on any atom is 0.195 e. The Labute approximate surface area is 164 Å². The molecule has 3 aromatic rings. The number of aromatic amines is 1. The van der Waals surface area contributed by atoms with E-state index in [1.165, 1.54) is 10.4 Å². The Kier molecular flexibility index (Phi) is 3.73. The predicted molar refractivity (Wildman–Crippen MR) is 114 cm³/mol. The Morgan fingerprint density at radius 2 is 1.89 bits per heavy atom. The lowest BCUT2D eigenvalue weighted by atomic mass is 9.71. The Balaban J connectivity index is 2.06. The second-order valence-electron chi connectivity index (χ2n) is 7.95. The van der Waals surface area contributed by atoms with Gasteiger partial charge in [0.2, 0.25) is 0 Å². The number of anilines is 1. The molecular weight excluding hydrogens is 374 g/mol. The smallest absolute Gasteiger partial charge is 0.195 e. The van der Waals surface area contributed by atoms with Gasteiger partial charge in [0.05, 0.1) is 20.2 Å². The molecule has 0 fully saturated rings. The molecule has 0 spiro atoms. The maximum atomic E-state index is 13.5. The Morgan fingerprint density at radius 3 is 2.54 bits per heavy atom.